The number of rotatable bonds is 27. The van der Waals surface area contributed by atoms with Crippen LogP contribution in [0.3, 0.4) is 0 Å². The van der Waals surface area contributed by atoms with Crippen molar-refractivity contribution in [2.45, 2.75) is 260 Å². The number of ether oxygens (including phenoxy) is 2. The minimum absolute atomic E-state index is 0.0304. The molecule has 0 amide bonds. The Hall–Kier alpha value is -2.70. The summed E-state index contributed by atoms with van der Waals surface area (Å²) >= 11 is 0. The first-order valence-electron chi connectivity index (χ1n) is 29.1. The third-order valence-electron chi connectivity index (χ3n) is 17.5. The van der Waals surface area contributed by atoms with Crippen molar-refractivity contribution >= 4 is 12.4 Å². The molecule has 3 aliphatic heterocycles. The summed E-state index contributed by atoms with van der Waals surface area (Å²) in [7, 11) is 0. The Morgan fingerprint density at radius 1 is 0.500 bits per heavy atom. The summed E-state index contributed by atoms with van der Waals surface area (Å²) < 4.78 is 22.9. The number of unbranched alkanes of at least 4 members (excludes halogenated alkanes) is 6. The number of aryl methyl sites for hydroxylation is 1. The Labute approximate surface area is 419 Å². The predicted octanol–water partition coefficient (Wildman–Crippen LogP) is 15.1. The molecule has 1 aliphatic carbocycles. The molecule has 3 heterocycles. The van der Waals surface area contributed by atoms with Gasteiger partial charge in [0.05, 0.1) is 63.5 Å². The highest BCUT2D eigenvalue weighted by Crippen LogP contribution is 2.49. The zero-order chi connectivity index (χ0) is 49.4. The van der Waals surface area contributed by atoms with E-state index in [2.05, 4.69) is 143 Å². The van der Waals surface area contributed by atoms with Crippen LogP contribution in [-0.4, -0.2) is 101 Å². The summed E-state index contributed by atoms with van der Waals surface area (Å²) in [5.41, 5.74) is 7.84. The fourth-order valence-electron chi connectivity index (χ4n) is 13.0. The maximum Gasteiger partial charge on any atom is 0.704 e. The average Bonchev–Trinajstić information content (AvgIpc) is 3.58. The SMILES string of the molecule is CCCC[N+](CCCC)(CCCC)CCCC(C)(CCC[N+](CCCC)(CCCC)CCCC)c1cc(C)c2c(c1)C=[N+]1C3CCCCC3[N+]3=Cc4cc(C(C)(C)C)cc(C(C)(C)C)c4OC13O2. The lowest BCUT2D eigenvalue weighted by molar-refractivity contribution is -0.929. The zero-order valence-electron chi connectivity index (χ0n) is 47.0. The monoisotopic (exact) mass is 939 g/mol. The van der Waals surface area contributed by atoms with Gasteiger partial charge in [-0.15, -0.1) is 0 Å². The Morgan fingerprint density at radius 2 is 0.882 bits per heavy atom. The second kappa shape index (κ2) is 23.2. The number of quaternary nitrogens is 2. The molecule has 2 aromatic rings. The smallest absolute Gasteiger partial charge is 0.340 e. The van der Waals surface area contributed by atoms with E-state index in [0.29, 0.717) is 12.1 Å². The molecule has 382 valence electrons. The van der Waals surface area contributed by atoms with E-state index in [4.69, 9.17) is 9.47 Å². The van der Waals surface area contributed by atoms with E-state index in [1.807, 2.05) is 0 Å². The molecule has 2 fully saturated rings. The number of hydrogen-bond acceptors (Lipinski definition) is 2. The zero-order valence-corrected chi connectivity index (χ0v) is 47.0. The lowest BCUT2D eigenvalue weighted by atomic mass is 9.73. The Balaban J connectivity index is 1.42. The average molecular weight is 940 g/mol. The van der Waals surface area contributed by atoms with Gasteiger partial charge < -0.3 is 18.4 Å². The molecular weight excluding hydrogens is 833 g/mol. The quantitative estimate of drug-likeness (QED) is 0.0658. The van der Waals surface area contributed by atoms with Gasteiger partial charge in [0, 0.05) is 18.4 Å². The Bertz CT molecular complexity index is 1930. The first-order valence-corrected chi connectivity index (χ1v) is 29.1. The lowest BCUT2D eigenvalue weighted by Gasteiger charge is -2.42. The second-order valence-corrected chi connectivity index (χ2v) is 25.3. The number of nitrogens with zero attached hydrogens (tertiary/aromatic N) is 4. The maximum atomic E-state index is 7.60. The highest BCUT2D eigenvalue weighted by molar-refractivity contribution is 5.85. The number of hydrogen-bond donors (Lipinski definition) is 0. The molecule has 0 aromatic heterocycles. The van der Waals surface area contributed by atoms with Crippen LogP contribution in [0.15, 0.2) is 24.3 Å². The predicted molar refractivity (Wildman–Crippen MR) is 291 cm³/mol. The Kier molecular flexibility index (Phi) is 18.7. The van der Waals surface area contributed by atoms with Gasteiger partial charge in [0.2, 0.25) is 12.1 Å². The van der Waals surface area contributed by atoms with Crippen LogP contribution in [0.1, 0.15) is 252 Å². The van der Waals surface area contributed by atoms with Crippen molar-refractivity contribution in [3.63, 3.8) is 0 Å². The van der Waals surface area contributed by atoms with Gasteiger partial charge in [-0.1, -0.05) is 150 Å². The van der Waals surface area contributed by atoms with Crippen molar-refractivity contribution in [1.82, 2.24) is 0 Å². The highest BCUT2D eigenvalue weighted by Gasteiger charge is 2.76. The van der Waals surface area contributed by atoms with Crippen LogP contribution in [0.25, 0.3) is 0 Å². The van der Waals surface area contributed by atoms with Crippen LogP contribution in [0.2, 0.25) is 0 Å². The third kappa shape index (κ3) is 12.1. The molecule has 1 saturated carbocycles. The van der Waals surface area contributed by atoms with Crippen molar-refractivity contribution in [3.8, 4) is 11.5 Å². The Morgan fingerprint density at radius 3 is 1.28 bits per heavy atom. The van der Waals surface area contributed by atoms with E-state index in [-0.39, 0.29) is 16.2 Å². The molecular formula is C62H106N4O2+4. The van der Waals surface area contributed by atoms with Crippen LogP contribution < -0.4 is 9.47 Å². The van der Waals surface area contributed by atoms with Gasteiger partial charge in [0.25, 0.3) is 0 Å². The van der Waals surface area contributed by atoms with Gasteiger partial charge >= 0.3 is 6.03 Å². The highest BCUT2D eigenvalue weighted by atomic mass is 16.7. The summed E-state index contributed by atoms with van der Waals surface area (Å²) in [6, 6.07) is 9.60. The topological polar surface area (TPSA) is 24.5 Å². The largest absolute Gasteiger partial charge is 0.704 e. The standard InChI is InChI=1S/C62H106N4O2/c1-15-21-35-65(36-22-16-2,37-23-17-3)41-29-33-61(14,34-30-42-66(38-24-18-4,39-25-19-5)40-26-20-6)53-43-49(7)57-50(45-53)47-63-55-31-27-28-32-56(55)64-48-51-44-52(59(8,9)10)46-54(60(11,12)13)58(51)68-62(63,64)67-57/h43-48,55-56H,15-42H2,1-14H3/q+4. The van der Waals surface area contributed by atoms with E-state index in [1.54, 1.807) is 0 Å². The van der Waals surface area contributed by atoms with Crippen LogP contribution >= 0.6 is 0 Å². The van der Waals surface area contributed by atoms with E-state index >= 15 is 0 Å². The van der Waals surface area contributed by atoms with Gasteiger partial charge in [0.1, 0.15) is 0 Å². The molecule has 0 N–H and O–H groups in total. The van der Waals surface area contributed by atoms with Crippen molar-refractivity contribution in [2.75, 3.05) is 52.4 Å². The first kappa shape index (κ1) is 54.6. The van der Waals surface area contributed by atoms with Gasteiger partial charge in [0.15, 0.2) is 23.9 Å². The normalized spacial score (nSPS) is 20.4. The summed E-state index contributed by atoms with van der Waals surface area (Å²) in [6.07, 6.45) is 30.6. The van der Waals surface area contributed by atoms with Crippen molar-refractivity contribution < 1.29 is 27.6 Å². The summed E-state index contributed by atoms with van der Waals surface area (Å²) in [4.78, 5) is 0. The molecule has 0 bridgehead atoms. The van der Waals surface area contributed by atoms with Crippen LogP contribution in [-0.2, 0) is 16.2 Å². The molecule has 0 radical (unpaired) electrons. The van der Waals surface area contributed by atoms with E-state index in [9.17, 15) is 0 Å². The van der Waals surface area contributed by atoms with E-state index in [1.165, 1.54) is 210 Å². The minimum Gasteiger partial charge on any atom is -0.340 e. The van der Waals surface area contributed by atoms with Crippen molar-refractivity contribution in [3.05, 3.63) is 57.6 Å². The molecule has 3 atom stereocenters. The molecule has 68 heavy (non-hydrogen) atoms. The van der Waals surface area contributed by atoms with Crippen molar-refractivity contribution in [1.29, 1.82) is 0 Å². The lowest BCUT2D eigenvalue weighted by Crippen LogP contribution is -2.60. The molecule has 3 unspecified atom stereocenters. The molecule has 6 nitrogen and oxygen atoms in total. The number of fused-ring (bicyclic) bond motifs is 5. The molecule has 4 aliphatic rings. The van der Waals surface area contributed by atoms with Gasteiger partial charge in [-0.25, -0.2) is 0 Å². The first-order chi connectivity index (χ1) is 32.4. The van der Waals surface area contributed by atoms with Crippen LogP contribution in [0.5, 0.6) is 11.5 Å². The van der Waals surface area contributed by atoms with Gasteiger partial charge in [-0.3, -0.25) is 0 Å². The molecule has 6 heteroatoms. The molecule has 1 spiro atoms. The summed E-state index contributed by atoms with van der Waals surface area (Å²) in [5.74, 6) is 1.99. The van der Waals surface area contributed by atoms with Gasteiger partial charge in [-0.2, -0.15) is 0 Å². The molecule has 1 saturated heterocycles. The molecule has 6 rings (SSSR count). The number of benzene rings is 2. The summed E-state index contributed by atoms with van der Waals surface area (Å²) in [6.45, 7) is 44.1. The van der Waals surface area contributed by atoms with E-state index < -0.39 is 6.03 Å². The minimum atomic E-state index is -1.04. The fraction of sp³-hybridized carbons (Fsp3) is 0.774. The van der Waals surface area contributed by atoms with E-state index in [0.717, 1.165) is 24.3 Å². The third-order valence-corrected chi connectivity index (χ3v) is 17.5. The van der Waals surface area contributed by atoms with Crippen LogP contribution in [0.4, 0.5) is 0 Å². The van der Waals surface area contributed by atoms with Gasteiger partial charge in [-0.05, 0) is 129 Å². The second-order valence-electron chi connectivity index (χ2n) is 25.3. The fourth-order valence-corrected chi connectivity index (χ4v) is 13.0. The summed E-state index contributed by atoms with van der Waals surface area (Å²) in [5, 5.41) is 0. The van der Waals surface area contributed by atoms with Crippen molar-refractivity contribution in [2.24, 2.45) is 0 Å². The maximum absolute atomic E-state index is 7.60. The molecule has 2 aromatic carbocycles. The van der Waals surface area contributed by atoms with Crippen LogP contribution in [0, 0.1) is 6.92 Å².